The number of amides is 1. The molecule has 6 nitrogen and oxygen atoms in total. The summed E-state index contributed by atoms with van der Waals surface area (Å²) in [6.45, 7) is 5.78. The first-order valence-electron chi connectivity index (χ1n) is 6.39. The molecule has 1 aliphatic carbocycles. The van der Waals surface area contributed by atoms with Crippen molar-refractivity contribution in [2.45, 2.75) is 64.0 Å². The number of rotatable bonds is 3. The van der Waals surface area contributed by atoms with Crippen LogP contribution in [0.25, 0.3) is 10.4 Å². The lowest BCUT2D eigenvalue weighted by Gasteiger charge is -2.37. The van der Waals surface area contributed by atoms with E-state index in [9.17, 15) is 4.79 Å². The van der Waals surface area contributed by atoms with Crippen LogP contribution >= 0.6 is 0 Å². The van der Waals surface area contributed by atoms with E-state index in [1.54, 1.807) is 0 Å². The lowest BCUT2D eigenvalue weighted by molar-refractivity contribution is 0.0431. The lowest BCUT2D eigenvalue weighted by Crippen LogP contribution is -2.53. The molecule has 0 radical (unpaired) electrons. The van der Waals surface area contributed by atoms with Crippen LogP contribution in [-0.2, 0) is 4.74 Å². The van der Waals surface area contributed by atoms with Gasteiger partial charge in [0, 0.05) is 17.0 Å². The Bertz CT molecular complexity index is 336. The van der Waals surface area contributed by atoms with Gasteiger partial charge in [-0.2, -0.15) is 0 Å². The predicted octanol–water partition coefficient (Wildman–Crippen LogP) is 3.52. The minimum atomic E-state index is -0.515. The Morgan fingerprint density at radius 3 is 2.50 bits per heavy atom. The first-order valence-corrected chi connectivity index (χ1v) is 6.39. The van der Waals surface area contributed by atoms with Crippen molar-refractivity contribution >= 4 is 6.09 Å². The topological polar surface area (TPSA) is 87.1 Å². The van der Waals surface area contributed by atoms with Gasteiger partial charge in [-0.25, -0.2) is 4.79 Å². The van der Waals surface area contributed by atoms with Crippen LogP contribution in [0.3, 0.4) is 0 Å². The van der Waals surface area contributed by atoms with Crippen molar-refractivity contribution in [3.63, 3.8) is 0 Å². The van der Waals surface area contributed by atoms with E-state index in [2.05, 4.69) is 15.3 Å². The van der Waals surface area contributed by atoms with Gasteiger partial charge in [-0.15, -0.1) is 0 Å². The van der Waals surface area contributed by atoms with Gasteiger partial charge in [0.2, 0.25) is 0 Å². The van der Waals surface area contributed by atoms with Crippen LogP contribution in [0.15, 0.2) is 5.11 Å². The highest BCUT2D eigenvalue weighted by Crippen LogP contribution is 2.29. The van der Waals surface area contributed by atoms with Crippen molar-refractivity contribution in [3.05, 3.63) is 10.4 Å². The van der Waals surface area contributed by atoms with Crippen LogP contribution in [0.5, 0.6) is 0 Å². The first-order chi connectivity index (χ1) is 8.37. The SMILES string of the molecule is CC(C)(C)OC(=O)NC1(CN=[N+]=[N-])CCCCC1. The Labute approximate surface area is 108 Å². The smallest absolute Gasteiger partial charge is 0.408 e. The molecule has 1 saturated carbocycles. The lowest BCUT2D eigenvalue weighted by atomic mass is 9.82. The molecule has 0 aliphatic heterocycles. The summed E-state index contributed by atoms with van der Waals surface area (Å²) in [7, 11) is 0. The fourth-order valence-electron chi connectivity index (χ4n) is 2.24. The minimum Gasteiger partial charge on any atom is -0.444 e. The van der Waals surface area contributed by atoms with Crippen LogP contribution in [0.2, 0.25) is 0 Å². The van der Waals surface area contributed by atoms with Crippen molar-refractivity contribution < 1.29 is 9.53 Å². The largest absolute Gasteiger partial charge is 0.444 e. The van der Waals surface area contributed by atoms with Gasteiger partial charge >= 0.3 is 6.09 Å². The highest BCUT2D eigenvalue weighted by molar-refractivity contribution is 5.68. The zero-order chi connectivity index (χ0) is 13.6. The number of hydrogen-bond donors (Lipinski definition) is 1. The van der Waals surface area contributed by atoms with Crippen LogP contribution < -0.4 is 5.32 Å². The van der Waals surface area contributed by atoms with Crippen molar-refractivity contribution in [3.8, 4) is 0 Å². The average molecular weight is 254 g/mol. The molecule has 1 aliphatic rings. The van der Waals surface area contributed by atoms with E-state index >= 15 is 0 Å². The van der Waals surface area contributed by atoms with Crippen molar-refractivity contribution in [2.75, 3.05) is 6.54 Å². The molecule has 1 amide bonds. The summed E-state index contributed by atoms with van der Waals surface area (Å²) >= 11 is 0. The number of azide groups is 1. The number of nitrogens with one attached hydrogen (secondary N) is 1. The molecule has 0 aromatic rings. The molecule has 1 rings (SSSR count). The molecule has 18 heavy (non-hydrogen) atoms. The minimum absolute atomic E-state index is 0.294. The third-order valence-corrected chi connectivity index (χ3v) is 3.01. The third kappa shape index (κ3) is 4.84. The molecule has 6 heteroatoms. The van der Waals surface area contributed by atoms with Gasteiger partial charge in [-0.3, -0.25) is 0 Å². The molecular formula is C12H22N4O2. The second-order valence-corrected chi connectivity index (χ2v) is 5.86. The number of ether oxygens (including phenoxy) is 1. The molecular weight excluding hydrogens is 232 g/mol. The maximum absolute atomic E-state index is 11.8. The van der Waals surface area contributed by atoms with E-state index in [0.29, 0.717) is 6.54 Å². The summed E-state index contributed by atoms with van der Waals surface area (Å²) in [5, 5.41) is 6.53. The molecule has 102 valence electrons. The van der Waals surface area contributed by atoms with E-state index < -0.39 is 17.2 Å². The number of carbonyl (C=O) groups excluding carboxylic acids is 1. The Morgan fingerprint density at radius 1 is 1.39 bits per heavy atom. The van der Waals surface area contributed by atoms with Gasteiger partial charge in [-0.1, -0.05) is 24.4 Å². The summed E-state index contributed by atoms with van der Waals surface area (Å²) in [6.07, 6.45) is 4.48. The van der Waals surface area contributed by atoms with Gasteiger partial charge in [0.15, 0.2) is 0 Å². The standard InChI is InChI=1S/C12H22N4O2/c1-11(2,3)18-10(17)15-12(9-14-16-13)7-5-4-6-8-12/h4-9H2,1-3H3,(H,15,17). The normalized spacial score (nSPS) is 18.6. The summed E-state index contributed by atoms with van der Waals surface area (Å²) in [5.74, 6) is 0. The fraction of sp³-hybridized carbons (Fsp3) is 0.917. The van der Waals surface area contributed by atoms with Crippen molar-refractivity contribution in [2.24, 2.45) is 5.11 Å². The highest BCUT2D eigenvalue weighted by atomic mass is 16.6. The van der Waals surface area contributed by atoms with Gasteiger partial charge in [0.25, 0.3) is 0 Å². The van der Waals surface area contributed by atoms with Crippen molar-refractivity contribution in [1.29, 1.82) is 0 Å². The van der Waals surface area contributed by atoms with E-state index in [4.69, 9.17) is 10.3 Å². The van der Waals surface area contributed by atoms with Gasteiger partial charge in [-0.05, 0) is 39.1 Å². The summed E-state index contributed by atoms with van der Waals surface area (Å²) in [5.41, 5.74) is 7.51. The Balaban J connectivity index is 2.66. The van der Waals surface area contributed by atoms with Gasteiger partial charge in [0.1, 0.15) is 5.60 Å². The van der Waals surface area contributed by atoms with E-state index in [1.807, 2.05) is 20.8 Å². The monoisotopic (exact) mass is 254 g/mol. The molecule has 0 spiro atoms. The molecule has 0 unspecified atom stereocenters. The zero-order valence-electron chi connectivity index (χ0n) is 11.4. The summed E-state index contributed by atoms with van der Waals surface area (Å²) in [6, 6.07) is 0. The third-order valence-electron chi connectivity index (χ3n) is 3.01. The maximum Gasteiger partial charge on any atom is 0.408 e. The summed E-state index contributed by atoms with van der Waals surface area (Å²) < 4.78 is 5.26. The molecule has 0 bridgehead atoms. The predicted molar refractivity (Wildman–Crippen MR) is 69.2 cm³/mol. The van der Waals surface area contributed by atoms with E-state index in [1.165, 1.54) is 0 Å². The second kappa shape index (κ2) is 5.96. The van der Waals surface area contributed by atoms with Crippen LogP contribution in [0.4, 0.5) is 4.79 Å². The van der Waals surface area contributed by atoms with E-state index in [0.717, 1.165) is 32.1 Å². The average Bonchev–Trinajstić information content (AvgIpc) is 2.25. The van der Waals surface area contributed by atoms with Gasteiger partial charge < -0.3 is 10.1 Å². The van der Waals surface area contributed by atoms with Gasteiger partial charge in [0.05, 0.1) is 0 Å². The highest BCUT2D eigenvalue weighted by Gasteiger charge is 2.34. The Morgan fingerprint density at radius 2 is 2.00 bits per heavy atom. The maximum atomic E-state index is 11.8. The first kappa shape index (κ1) is 14.6. The Hall–Kier alpha value is -1.42. The van der Waals surface area contributed by atoms with E-state index in [-0.39, 0.29) is 0 Å². The molecule has 1 N–H and O–H groups in total. The summed E-state index contributed by atoms with van der Waals surface area (Å²) in [4.78, 5) is 14.6. The quantitative estimate of drug-likeness (QED) is 0.474. The zero-order valence-corrected chi connectivity index (χ0v) is 11.4. The van der Waals surface area contributed by atoms with Crippen LogP contribution in [0.1, 0.15) is 52.9 Å². The number of alkyl carbamates (subject to hydrolysis) is 1. The number of nitrogens with zero attached hydrogens (tertiary/aromatic N) is 3. The molecule has 0 atom stereocenters. The molecule has 0 aromatic carbocycles. The Kier molecular flexibility index (Phi) is 4.84. The molecule has 1 fully saturated rings. The van der Waals surface area contributed by atoms with Crippen LogP contribution in [-0.4, -0.2) is 23.8 Å². The van der Waals surface area contributed by atoms with Crippen LogP contribution in [0, 0.1) is 0 Å². The fourth-order valence-corrected chi connectivity index (χ4v) is 2.24. The molecule has 0 saturated heterocycles. The molecule has 0 aromatic heterocycles. The molecule has 0 heterocycles. The number of carbonyl (C=O) groups is 1. The van der Waals surface area contributed by atoms with Crippen molar-refractivity contribution in [1.82, 2.24) is 5.32 Å². The number of hydrogen-bond acceptors (Lipinski definition) is 3. The second-order valence-electron chi connectivity index (χ2n) is 5.86.